The van der Waals surface area contributed by atoms with Gasteiger partial charge in [-0.25, -0.2) is 13.8 Å². The molecule has 0 spiro atoms. The van der Waals surface area contributed by atoms with Crippen molar-refractivity contribution in [3.63, 3.8) is 0 Å². The molecule has 2 aliphatic rings. The number of carbonyl (C=O) groups excluding carboxylic acids is 1. The molecule has 2 unspecified atom stereocenters. The summed E-state index contributed by atoms with van der Waals surface area (Å²) in [5, 5.41) is 4.48. The summed E-state index contributed by atoms with van der Waals surface area (Å²) in [7, 11) is 0. The molecule has 8 heteroatoms. The van der Waals surface area contributed by atoms with Gasteiger partial charge in [0.1, 0.15) is 11.6 Å². The van der Waals surface area contributed by atoms with E-state index in [2.05, 4.69) is 20.0 Å². The van der Waals surface area contributed by atoms with Crippen molar-refractivity contribution in [2.75, 3.05) is 4.90 Å². The molecule has 2 fully saturated rings. The summed E-state index contributed by atoms with van der Waals surface area (Å²) in [6, 6.07) is 2.05. The van der Waals surface area contributed by atoms with Crippen LogP contribution in [0.4, 0.5) is 14.7 Å². The second-order valence-electron chi connectivity index (χ2n) is 7.29. The highest BCUT2D eigenvalue weighted by Crippen LogP contribution is 2.37. The highest BCUT2D eigenvalue weighted by atomic mass is 19.3. The Morgan fingerprint density at radius 3 is 2.56 bits per heavy atom. The molecule has 0 N–H and O–H groups in total. The molecule has 6 nitrogen and oxygen atoms in total. The van der Waals surface area contributed by atoms with E-state index >= 15 is 0 Å². The van der Waals surface area contributed by atoms with Crippen molar-refractivity contribution in [2.45, 2.75) is 70.4 Å². The molecule has 2 bridgehead atoms. The minimum absolute atomic E-state index is 0.149. The molecule has 25 heavy (non-hydrogen) atoms. The zero-order valence-corrected chi connectivity index (χ0v) is 14.4. The number of anilines is 1. The van der Waals surface area contributed by atoms with Gasteiger partial charge in [-0.3, -0.25) is 4.79 Å². The fourth-order valence-electron chi connectivity index (χ4n) is 3.96. The van der Waals surface area contributed by atoms with Crippen LogP contribution in [0.1, 0.15) is 50.5 Å². The smallest absolute Gasteiger partial charge is 0.245 e. The maximum atomic E-state index is 13.1. The predicted molar refractivity (Wildman–Crippen MR) is 88.0 cm³/mol. The van der Waals surface area contributed by atoms with E-state index in [1.807, 2.05) is 6.92 Å². The van der Waals surface area contributed by atoms with Gasteiger partial charge in [0.15, 0.2) is 5.65 Å². The molecule has 0 radical (unpaired) electrons. The Kier molecular flexibility index (Phi) is 3.73. The third kappa shape index (κ3) is 3.09. The molecule has 0 amide bonds. The fourth-order valence-corrected chi connectivity index (χ4v) is 3.96. The van der Waals surface area contributed by atoms with Crippen LogP contribution in [-0.2, 0) is 11.2 Å². The van der Waals surface area contributed by atoms with E-state index in [9.17, 15) is 13.6 Å². The van der Waals surface area contributed by atoms with Gasteiger partial charge in [-0.2, -0.15) is 14.6 Å². The Labute approximate surface area is 144 Å². The number of ketones is 1. The van der Waals surface area contributed by atoms with Crippen LogP contribution in [0.5, 0.6) is 0 Å². The van der Waals surface area contributed by atoms with Gasteiger partial charge in [0, 0.05) is 37.4 Å². The highest BCUT2D eigenvalue weighted by molar-refractivity contribution is 5.82. The summed E-state index contributed by atoms with van der Waals surface area (Å²) >= 11 is 0. The lowest BCUT2D eigenvalue weighted by molar-refractivity contribution is -0.120. The van der Waals surface area contributed by atoms with E-state index in [4.69, 9.17) is 0 Å². The number of alkyl halides is 2. The highest BCUT2D eigenvalue weighted by Gasteiger charge is 2.42. The van der Waals surface area contributed by atoms with Crippen LogP contribution in [-0.4, -0.2) is 43.4 Å². The fraction of sp³-hybridized carbons (Fsp3) is 0.647. The first kappa shape index (κ1) is 16.4. The van der Waals surface area contributed by atoms with Crippen molar-refractivity contribution in [3.05, 3.63) is 17.6 Å². The number of halogens is 2. The van der Waals surface area contributed by atoms with Crippen molar-refractivity contribution in [1.82, 2.24) is 19.6 Å². The first-order chi connectivity index (χ1) is 11.8. The van der Waals surface area contributed by atoms with Crippen LogP contribution in [0.3, 0.4) is 0 Å². The minimum atomic E-state index is -2.72. The standard InChI is InChI=1S/C17H21F2N5O/c1-10-20-15-7-11(5-6-17(2,18)19)22-24(15)16(21-10)23-12-3-4-13(23)9-14(25)8-12/h7,12-13H,3-6,8-9H2,1-2H3. The zero-order chi connectivity index (χ0) is 17.8. The van der Waals surface area contributed by atoms with Gasteiger partial charge in [-0.15, -0.1) is 0 Å². The number of piperidine rings is 1. The molecule has 0 saturated carbocycles. The molecule has 0 aliphatic carbocycles. The van der Waals surface area contributed by atoms with Crippen LogP contribution in [0.15, 0.2) is 6.07 Å². The summed E-state index contributed by atoms with van der Waals surface area (Å²) in [6.07, 6.45) is 2.96. The Balaban J connectivity index is 1.71. The van der Waals surface area contributed by atoms with E-state index in [-0.39, 0.29) is 24.9 Å². The average Bonchev–Trinajstić information content (AvgIpc) is 3.03. The first-order valence-electron chi connectivity index (χ1n) is 8.71. The quantitative estimate of drug-likeness (QED) is 0.849. The molecule has 0 aromatic carbocycles. The molecule has 134 valence electrons. The van der Waals surface area contributed by atoms with Crippen molar-refractivity contribution in [2.24, 2.45) is 0 Å². The normalized spacial score (nSPS) is 23.7. The minimum Gasteiger partial charge on any atom is -0.334 e. The van der Waals surface area contributed by atoms with E-state index < -0.39 is 5.92 Å². The molecule has 2 aliphatic heterocycles. The molecule has 2 aromatic heterocycles. The van der Waals surface area contributed by atoms with E-state index in [1.54, 1.807) is 10.6 Å². The molecular formula is C17H21F2N5O. The van der Waals surface area contributed by atoms with Gasteiger partial charge in [-0.1, -0.05) is 0 Å². The number of hydrogen-bond acceptors (Lipinski definition) is 5. The monoisotopic (exact) mass is 349 g/mol. The number of fused-ring (bicyclic) bond motifs is 3. The second kappa shape index (κ2) is 5.71. The van der Waals surface area contributed by atoms with E-state index in [0.717, 1.165) is 19.8 Å². The lowest BCUT2D eigenvalue weighted by Gasteiger charge is -2.34. The van der Waals surface area contributed by atoms with Crippen molar-refractivity contribution in [3.8, 4) is 0 Å². The van der Waals surface area contributed by atoms with Gasteiger partial charge < -0.3 is 4.90 Å². The Bertz CT molecular complexity index is 812. The topological polar surface area (TPSA) is 63.4 Å². The summed E-state index contributed by atoms with van der Waals surface area (Å²) in [6.45, 7) is 2.73. The van der Waals surface area contributed by atoms with Crippen molar-refractivity contribution < 1.29 is 13.6 Å². The summed E-state index contributed by atoms with van der Waals surface area (Å²) < 4.78 is 27.9. The SMILES string of the molecule is Cc1nc(N2C3CCC2CC(=O)C3)n2nc(CCC(C)(F)F)cc2n1. The van der Waals surface area contributed by atoms with E-state index in [0.29, 0.717) is 41.7 Å². The third-order valence-corrected chi connectivity index (χ3v) is 5.07. The third-order valence-electron chi connectivity index (χ3n) is 5.07. The van der Waals surface area contributed by atoms with Crippen molar-refractivity contribution in [1.29, 1.82) is 0 Å². The molecule has 2 atom stereocenters. The maximum absolute atomic E-state index is 13.1. The second-order valence-corrected chi connectivity index (χ2v) is 7.29. The summed E-state index contributed by atoms with van der Waals surface area (Å²) in [4.78, 5) is 23.0. The maximum Gasteiger partial charge on any atom is 0.245 e. The first-order valence-corrected chi connectivity index (χ1v) is 8.71. The number of aryl methyl sites for hydroxylation is 2. The van der Waals surface area contributed by atoms with Crippen LogP contribution >= 0.6 is 0 Å². The summed E-state index contributed by atoms with van der Waals surface area (Å²) in [5.74, 6) is -1.12. The molecule has 2 aromatic rings. The number of hydrogen-bond donors (Lipinski definition) is 0. The average molecular weight is 349 g/mol. The number of nitrogens with zero attached hydrogens (tertiary/aromatic N) is 5. The lowest BCUT2D eigenvalue weighted by Crippen LogP contribution is -2.44. The summed E-state index contributed by atoms with van der Waals surface area (Å²) in [5.41, 5.74) is 1.20. The molecular weight excluding hydrogens is 328 g/mol. The lowest BCUT2D eigenvalue weighted by atomic mass is 10.0. The van der Waals surface area contributed by atoms with Crippen molar-refractivity contribution >= 4 is 17.4 Å². The number of Topliss-reactive ketones (excluding diaryl/α,β-unsaturated/α-hetero) is 1. The Morgan fingerprint density at radius 1 is 1.24 bits per heavy atom. The zero-order valence-electron chi connectivity index (χ0n) is 14.4. The van der Waals surface area contributed by atoms with Gasteiger partial charge in [0.05, 0.1) is 5.69 Å². The van der Waals surface area contributed by atoms with Crippen LogP contribution in [0.25, 0.3) is 5.65 Å². The van der Waals surface area contributed by atoms with Crippen LogP contribution < -0.4 is 4.90 Å². The number of aromatic nitrogens is 4. The van der Waals surface area contributed by atoms with Crippen LogP contribution in [0.2, 0.25) is 0 Å². The van der Waals surface area contributed by atoms with Gasteiger partial charge in [-0.05, 0) is 33.1 Å². The van der Waals surface area contributed by atoms with Gasteiger partial charge in [0.2, 0.25) is 11.9 Å². The van der Waals surface area contributed by atoms with E-state index in [1.165, 1.54) is 0 Å². The number of rotatable bonds is 4. The van der Waals surface area contributed by atoms with Gasteiger partial charge >= 0.3 is 0 Å². The molecule has 4 heterocycles. The number of carbonyl (C=O) groups is 1. The molecule has 2 saturated heterocycles. The predicted octanol–water partition coefficient (Wildman–Crippen LogP) is 2.72. The molecule has 4 rings (SSSR count). The van der Waals surface area contributed by atoms with Crippen LogP contribution in [0, 0.1) is 6.92 Å². The Morgan fingerprint density at radius 2 is 1.92 bits per heavy atom. The Hall–Kier alpha value is -2.12. The largest absolute Gasteiger partial charge is 0.334 e. The van der Waals surface area contributed by atoms with Gasteiger partial charge in [0.25, 0.3) is 0 Å².